The minimum atomic E-state index is -0.352. The standard InChI is InChI=1S/C11H11NO4/c13-4-6-5-15-9-2-1-8-7(11(9)16-6)3-10(14)12-8/h1-2,6,13H,3-5H2,(H,12,14). The maximum absolute atomic E-state index is 11.3. The number of aliphatic hydroxyl groups is 1. The summed E-state index contributed by atoms with van der Waals surface area (Å²) in [6.07, 6.45) is -0.0466. The van der Waals surface area contributed by atoms with E-state index in [1.807, 2.05) is 6.07 Å². The molecule has 1 unspecified atom stereocenters. The quantitative estimate of drug-likeness (QED) is 0.716. The van der Waals surface area contributed by atoms with Crippen molar-refractivity contribution in [3.63, 3.8) is 0 Å². The second-order valence-electron chi connectivity index (χ2n) is 3.88. The zero-order valence-electron chi connectivity index (χ0n) is 8.53. The number of aliphatic hydroxyl groups excluding tert-OH is 1. The number of carbonyl (C=O) groups excluding carboxylic acids is 1. The van der Waals surface area contributed by atoms with Gasteiger partial charge in [-0.15, -0.1) is 0 Å². The summed E-state index contributed by atoms with van der Waals surface area (Å²) >= 11 is 0. The molecule has 0 saturated carbocycles. The Morgan fingerprint density at radius 3 is 3.19 bits per heavy atom. The molecule has 2 aliphatic heterocycles. The lowest BCUT2D eigenvalue weighted by Gasteiger charge is -2.26. The van der Waals surface area contributed by atoms with Crippen LogP contribution in [-0.2, 0) is 11.2 Å². The van der Waals surface area contributed by atoms with Gasteiger partial charge in [-0.3, -0.25) is 4.79 Å². The van der Waals surface area contributed by atoms with Crippen molar-refractivity contribution in [2.75, 3.05) is 18.5 Å². The molecule has 0 spiro atoms. The minimum absolute atomic E-state index is 0.0434. The molecule has 2 N–H and O–H groups in total. The maximum Gasteiger partial charge on any atom is 0.229 e. The molecule has 0 aromatic heterocycles. The van der Waals surface area contributed by atoms with Crippen LogP contribution < -0.4 is 14.8 Å². The first-order valence-corrected chi connectivity index (χ1v) is 5.14. The smallest absolute Gasteiger partial charge is 0.229 e. The molecule has 0 fully saturated rings. The summed E-state index contributed by atoms with van der Waals surface area (Å²) in [5.41, 5.74) is 1.59. The van der Waals surface area contributed by atoms with Crippen LogP contribution >= 0.6 is 0 Å². The van der Waals surface area contributed by atoms with E-state index >= 15 is 0 Å². The van der Waals surface area contributed by atoms with Crippen molar-refractivity contribution >= 4 is 11.6 Å². The molecular weight excluding hydrogens is 210 g/mol. The number of hydrogen-bond acceptors (Lipinski definition) is 4. The van der Waals surface area contributed by atoms with Crippen LogP contribution in [0, 0.1) is 0 Å². The Hall–Kier alpha value is -1.75. The van der Waals surface area contributed by atoms with Gasteiger partial charge in [0.15, 0.2) is 17.6 Å². The van der Waals surface area contributed by atoms with Crippen LogP contribution in [0.25, 0.3) is 0 Å². The first-order chi connectivity index (χ1) is 7.78. The van der Waals surface area contributed by atoms with Crippen molar-refractivity contribution in [3.05, 3.63) is 17.7 Å². The first kappa shape index (κ1) is 9.47. The van der Waals surface area contributed by atoms with Gasteiger partial charge in [-0.05, 0) is 12.1 Å². The number of ether oxygens (including phenoxy) is 2. The molecule has 1 aromatic carbocycles. The van der Waals surface area contributed by atoms with E-state index in [1.54, 1.807) is 6.07 Å². The lowest BCUT2D eigenvalue weighted by atomic mass is 10.1. The highest BCUT2D eigenvalue weighted by atomic mass is 16.6. The minimum Gasteiger partial charge on any atom is -0.486 e. The zero-order chi connectivity index (χ0) is 11.1. The number of fused-ring (bicyclic) bond motifs is 3. The van der Waals surface area contributed by atoms with Crippen LogP contribution in [0.15, 0.2) is 12.1 Å². The molecule has 0 aliphatic carbocycles. The number of amides is 1. The Balaban J connectivity index is 2.04. The Morgan fingerprint density at radius 1 is 1.50 bits per heavy atom. The zero-order valence-corrected chi connectivity index (χ0v) is 8.53. The molecule has 1 amide bonds. The molecule has 2 heterocycles. The van der Waals surface area contributed by atoms with Crippen molar-refractivity contribution in [1.29, 1.82) is 0 Å². The van der Waals surface area contributed by atoms with Gasteiger partial charge in [0.25, 0.3) is 0 Å². The summed E-state index contributed by atoms with van der Waals surface area (Å²) in [7, 11) is 0. The van der Waals surface area contributed by atoms with Gasteiger partial charge in [-0.1, -0.05) is 0 Å². The fraction of sp³-hybridized carbons (Fsp3) is 0.364. The summed E-state index contributed by atoms with van der Waals surface area (Å²) in [4.78, 5) is 11.3. The van der Waals surface area contributed by atoms with Gasteiger partial charge in [0.2, 0.25) is 5.91 Å². The first-order valence-electron chi connectivity index (χ1n) is 5.14. The largest absolute Gasteiger partial charge is 0.486 e. The summed E-state index contributed by atoms with van der Waals surface area (Å²) in [6, 6.07) is 3.58. The second-order valence-corrected chi connectivity index (χ2v) is 3.88. The Bertz CT molecular complexity index is 458. The van der Waals surface area contributed by atoms with Crippen molar-refractivity contribution in [2.24, 2.45) is 0 Å². The van der Waals surface area contributed by atoms with E-state index in [9.17, 15) is 4.79 Å². The third-order valence-electron chi connectivity index (χ3n) is 2.75. The van der Waals surface area contributed by atoms with Crippen molar-refractivity contribution in [1.82, 2.24) is 0 Å². The monoisotopic (exact) mass is 221 g/mol. The summed E-state index contributed by atoms with van der Waals surface area (Å²) in [5, 5.41) is 11.8. The predicted octanol–water partition coefficient (Wildman–Crippen LogP) is 0.313. The highest BCUT2D eigenvalue weighted by molar-refractivity contribution is 6.00. The SMILES string of the molecule is O=C1Cc2c(ccc3c2OC(CO)CO3)N1. The molecule has 0 saturated heterocycles. The molecule has 3 rings (SSSR count). The number of benzene rings is 1. The average Bonchev–Trinajstić information content (AvgIpc) is 2.69. The van der Waals surface area contributed by atoms with Gasteiger partial charge >= 0.3 is 0 Å². The normalized spacial score (nSPS) is 21.6. The van der Waals surface area contributed by atoms with E-state index in [-0.39, 0.29) is 18.6 Å². The Kier molecular flexibility index (Phi) is 2.00. The van der Waals surface area contributed by atoms with Gasteiger partial charge < -0.3 is 19.9 Å². The fourth-order valence-corrected chi connectivity index (χ4v) is 1.97. The van der Waals surface area contributed by atoms with Gasteiger partial charge in [0.05, 0.1) is 13.0 Å². The van der Waals surface area contributed by atoms with E-state index in [2.05, 4.69) is 5.32 Å². The molecule has 5 heteroatoms. The van der Waals surface area contributed by atoms with E-state index < -0.39 is 0 Å². The van der Waals surface area contributed by atoms with E-state index in [1.165, 1.54) is 0 Å². The summed E-state index contributed by atoms with van der Waals surface area (Å²) in [6.45, 7) is 0.244. The molecule has 1 aromatic rings. The highest BCUT2D eigenvalue weighted by Gasteiger charge is 2.29. The molecule has 5 nitrogen and oxygen atoms in total. The van der Waals surface area contributed by atoms with Crippen LogP contribution in [0.2, 0.25) is 0 Å². The van der Waals surface area contributed by atoms with Crippen molar-refractivity contribution in [2.45, 2.75) is 12.5 Å². The van der Waals surface area contributed by atoms with Crippen LogP contribution in [0.1, 0.15) is 5.56 Å². The van der Waals surface area contributed by atoms with E-state index in [0.29, 0.717) is 24.5 Å². The Labute approximate surface area is 92.0 Å². The molecule has 2 aliphatic rings. The van der Waals surface area contributed by atoms with E-state index in [4.69, 9.17) is 14.6 Å². The molecule has 0 bridgehead atoms. The fourth-order valence-electron chi connectivity index (χ4n) is 1.97. The van der Waals surface area contributed by atoms with Gasteiger partial charge in [0.1, 0.15) is 6.61 Å². The molecule has 1 atom stereocenters. The number of anilines is 1. The molecule has 0 radical (unpaired) electrons. The van der Waals surface area contributed by atoms with Crippen LogP contribution in [0.4, 0.5) is 5.69 Å². The maximum atomic E-state index is 11.3. The molecule has 84 valence electrons. The molecular formula is C11H11NO4. The van der Waals surface area contributed by atoms with Crippen molar-refractivity contribution in [3.8, 4) is 11.5 Å². The van der Waals surface area contributed by atoms with Gasteiger partial charge in [-0.2, -0.15) is 0 Å². The molecule has 16 heavy (non-hydrogen) atoms. The number of hydrogen-bond donors (Lipinski definition) is 2. The highest BCUT2D eigenvalue weighted by Crippen LogP contribution is 2.41. The third-order valence-corrected chi connectivity index (χ3v) is 2.75. The van der Waals surface area contributed by atoms with Crippen molar-refractivity contribution < 1.29 is 19.4 Å². The third kappa shape index (κ3) is 1.32. The second kappa shape index (κ2) is 3.38. The van der Waals surface area contributed by atoms with E-state index in [0.717, 1.165) is 11.3 Å². The van der Waals surface area contributed by atoms with Crippen LogP contribution in [-0.4, -0.2) is 30.3 Å². The lowest BCUT2D eigenvalue weighted by Crippen LogP contribution is -2.32. The number of nitrogens with one attached hydrogen (secondary N) is 1. The summed E-state index contributed by atoms with van der Waals surface area (Å²) in [5.74, 6) is 1.18. The number of carbonyl (C=O) groups is 1. The lowest BCUT2D eigenvalue weighted by molar-refractivity contribution is -0.115. The number of rotatable bonds is 1. The van der Waals surface area contributed by atoms with Crippen LogP contribution in [0.5, 0.6) is 11.5 Å². The predicted molar refractivity (Wildman–Crippen MR) is 55.8 cm³/mol. The van der Waals surface area contributed by atoms with Gasteiger partial charge in [0, 0.05) is 11.3 Å². The van der Waals surface area contributed by atoms with Gasteiger partial charge in [-0.25, -0.2) is 0 Å². The topological polar surface area (TPSA) is 67.8 Å². The summed E-state index contributed by atoms with van der Waals surface area (Å²) < 4.78 is 11.1. The Morgan fingerprint density at radius 2 is 2.38 bits per heavy atom. The average molecular weight is 221 g/mol. The van der Waals surface area contributed by atoms with Crippen LogP contribution in [0.3, 0.4) is 0 Å².